The Balaban J connectivity index is 2.53. The number of hydrogen-bond donors (Lipinski definition) is 2. The number of nitriles is 1. The number of aromatic amines is 1. The summed E-state index contributed by atoms with van der Waals surface area (Å²) < 4.78 is 0. The molecule has 1 aromatic carbocycles. The number of nitrogens with one attached hydrogen (secondary N) is 1. The first-order chi connectivity index (χ1) is 9.63. The number of nitrogen functional groups attached to an aromatic ring is 1. The van der Waals surface area contributed by atoms with Crippen LogP contribution in [0, 0.1) is 18.3 Å². The molecule has 6 heteroatoms. The van der Waals surface area contributed by atoms with Gasteiger partial charge >= 0.3 is 0 Å². The minimum absolute atomic E-state index is 0.154. The first-order valence-electron chi connectivity index (χ1n) is 5.92. The topological polar surface area (TPSA) is 91.4 Å². The van der Waals surface area contributed by atoms with E-state index in [1.165, 1.54) is 0 Å². The van der Waals surface area contributed by atoms with Gasteiger partial charge in [-0.3, -0.25) is 5.10 Å². The predicted octanol–water partition coefficient (Wildman–Crippen LogP) is 3.04. The predicted molar refractivity (Wildman–Crippen MR) is 78.2 cm³/mol. The van der Waals surface area contributed by atoms with Crippen LogP contribution in [0.2, 0.25) is 5.02 Å². The van der Waals surface area contributed by atoms with E-state index in [9.17, 15) is 5.26 Å². The summed E-state index contributed by atoms with van der Waals surface area (Å²) in [5.41, 5.74) is 8.90. The van der Waals surface area contributed by atoms with Crippen molar-refractivity contribution in [3.05, 3.63) is 40.5 Å². The highest BCUT2D eigenvalue weighted by molar-refractivity contribution is 6.33. The molecule has 0 spiro atoms. The number of aromatic nitrogens is 3. The molecule has 3 aromatic rings. The second kappa shape index (κ2) is 4.51. The number of anilines is 1. The summed E-state index contributed by atoms with van der Waals surface area (Å²) in [6.45, 7) is 1.87. The number of H-pyrrole nitrogens is 1. The van der Waals surface area contributed by atoms with Crippen molar-refractivity contribution in [2.45, 2.75) is 6.92 Å². The van der Waals surface area contributed by atoms with Crippen LogP contribution in [0.4, 0.5) is 5.82 Å². The zero-order valence-corrected chi connectivity index (χ0v) is 11.4. The average Bonchev–Trinajstić information content (AvgIpc) is 2.79. The van der Waals surface area contributed by atoms with Gasteiger partial charge < -0.3 is 5.73 Å². The Morgan fingerprint density at radius 1 is 1.35 bits per heavy atom. The van der Waals surface area contributed by atoms with E-state index in [0.29, 0.717) is 21.8 Å². The molecule has 0 saturated carbocycles. The van der Waals surface area contributed by atoms with E-state index in [1.54, 1.807) is 6.07 Å². The molecule has 20 heavy (non-hydrogen) atoms. The van der Waals surface area contributed by atoms with Crippen LogP contribution >= 0.6 is 11.6 Å². The van der Waals surface area contributed by atoms with Gasteiger partial charge in [-0.2, -0.15) is 10.4 Å². The third-order valence-electron chi connectivity index (χ3n) is 3.17. The second-order valence-electron chi connectivity index (χ2n) is 4.39. The van der Waals surface area contributed by atoms with Crippen molar-refractivity contribution in [2.75, 3.05) is 5.73 Å². The molecule has 3 N–H and O–H groups in total. The highest BCUT2D eigenvalue weighted by atomic mass is 35.5. The summed E-state index contributed by atoms with van der Waals surface area (Å²) in [5, 5.41) is 17.7. The van der Waals surface area contributed by atoms with E-state index >= 15 is 0 Å². The van der Waals surface area contributed by atoms with Crippen molar-refractivity contribution in [2.24, 2.45) is 0 Å². The van der Waals surface area contributed by atoms with Gasteiger partial charge in [-0.15, -0.1) is 0 Å². The molecule has 3 rings (SSSR count). The Morgan fingerprint density at radius 2 is 2.10 bits per heavy atom. The Morgan fingerprint density at radius 3 is 2.80 bits per heavy atom. The number of nitrogens with two attached hydrogens (primary N) is 1. The number of aryl methyl sites for hydroxylation is 1. The van der Waals surface area contributed by atoms with Crippen LogP contribution in [0.1, 0.15) is 11.3 Å². The highest BCUT2D eigenvalue weighted by Gasteiger charge is 2.20. The van der Waals surface area contributed by atoms with E-state index in [-0.39, 0.29) is 5.82 Å². The van der Waals surface area contributed by atoms with Crippen LogP contribution in [0.25, 0.3) is 22.2 Å². The second-order valence-corrected chi connectivity index (χ2v) is 4.79. The van der Waals surface area contributed by atoms with Crippen LogP contribution in [0.5, 0.6) is 0 Å². The zero-order chi connectivity index (χ0) is 14.3. The number of hydrogen-bond acceptors (Lipinski definition) is 4. The van der Waals surface area contributed by atoms with Crippen molar-refractivity contribution >= 4 is 28.5 Å². The summed E-state index contributed by atoms with van der Waals surface area (Å²) in [7, 11) is 0. The largest absolute Gasteiger partial charge is 0.383 e. The standard InChI is InChI=1S/C14H10ClN5/c1-7-11-12(8-4-2-3-5-10(8)15)9(6-16)13(17)18-14(11)20-19-7/h2-5H,1H3,(H3,17,18,19,20). The Kier molecular flexibility index (Phi) is 2.81. The van der Waals surface area contributed by atoms with Crippen LogP contribution in [-0.2, 0) is 0 Å². The number of rotatable bonds is 1. The third kappa shape index (κ3) is 1.70. The SMILES string of the molecule is Cc1[nH]nc2nc(N)c(C#N)c(-c3ccccc3Cl)c12. The lowest BCUT2D eigenvalue weighted by molar-refractivity contribution is 1.06. The highest BCUT2D eigenvalue weighted by Crippen LogP contribution is 2.37. The minimum atomic E-state index is 0.154. The molecule has 2 aromatic heterocycles. The van der Waals surface area contributed by atoms with Crippen molar-refractivity contribution in [3.8, 4) is 17.2 Å². The fourth-order valence-corrected chi connectivity index (χ4v) is 2.50. The molecular formula is C14H10ClN5. The Labute approximate surface area is 120 Å². The van der Waals surface area contributed by atoms with Crippen molar-refractivity contribution in [1.29, 1.82) is 5.26 Å². The maximum Gasteiger partial charge on any atom is 0.183 e. The van der Waals surface area contributed by atoms with Gasteiger partial charge in [0.2, 0.25) is 0 Å². The van der Waals surface area contributed by atoms with Gasteiger partial charge in [-0.05, 0) is 13.0 Å². The van der Waals surface area contributed by atoms with E-state index in [4.69, 9.17) is 17.3 Å². The van der Waals surface area contributed by atoms with E-state index in [1.807, 2.05) is 25.1 Å². The first-order valence-corrected chi connectivity index (χ1v) is 6.30. The van der Waals surface area contributed by atoms with Gasteiger partial charge in [0.25, 0.3) is 0 Å². The van der Waals surface area contributed by atoms with Crippen molar-refractivity contribution in [1.82, 2.24) is 15.2 Å². The lowest BCUT2D eigenvalue weighted by Crippen LogP contribution is -1.99. The van der Waals surface area contributed by atoms with Gasteiger partial charge in [0.05, 0.1) is 5.39 Å². The maximum absolute atomic E-state index is 9.40. The molecule has 0 saturated heterocycles. The number of pyridine rings is 1. The molecule has 0 atom stereocenters. The molecule has 0 fully saturated rings. The van der Waals surface area contributed by atoms with E-state index < -0.39 is 0 Å². The smallest absolute Gasteiger partial charge is 0.183 e. The van der Waals surface area contributed by atoms with Gasteiger partial charge in [0.15, 0.2) is 5.65 Å². The molecule has 0 aliphatic heterocycles. The number of benzene rings is 1. The van der Waals surface area contributed by atoms with Crippen LogP contribution in [0.3, 0.4) is 0 Å². The summed E-state index contributed by atoms with van der Waals surface area (Å²) in [4.78, 5) is 4.15. The lowest BCUT2D eigenvalue weighted by Gasteiger charge is -2.10. The average molecular weight is 284 g/mol. The Hall–Kier alpha value is -2.58. The van der Waals surface area contributed by atoms with E-state index in [2.05, 4.69) is 21.3 Å². The summed E-state index contributed by atoms with van der Waals surface area (Å²) >= 11 is 6.26. The molecule has 0 aliphatic carbocycles. The summed E-state index contributed by atoms with van der Waals surface area (Å²) in [6, 6.07) is 9.43. The normalized spacial score (nSPS) is 10.7. The van der Waals surface area contributed by atoms with Crippen LogP contribution in [0.15, 0.2) is 24.3 Å². The fraction of sp³-hybridized carbons (Fsp3) is 0.0714. The molecule has 0 unspecified atom stereocenters. The molecule has 0 aliphatic rings. The maximum atomic E-state index is 9.40. The Bertz CT molecular complexity index is 860. The first kappa shape index (κ1) is 12.5. The quantitative estimate of drug-likeness (QED) is 0.718. The lowest BCUT2D eigenvalue weighted by atomic mass is 9.97. The van der Waals surface area contributed by atoms with Gasteiger partial charge in [-0.1, -0.05) is 29.8 Å². The van der Waals surface area contributed by atoms with E-state index in [0.717, 1.165) is 16.6 Å². The summed E-state index contributed by atoms with van der Waals surface area (Å²) in [6.07, 6.45) is 0. The van der Waals surface area contributed by atoms with Crippen molar-refractivity contribution < 1.29 is 0 Å². The monoisotopic (exact) mass is 283 g/mol. The molecule has 98 valence electrons. The van der Waals surface area contributed by atoms with Gasteiger partial charge in [0, 0.05) is 21.8 Å². The third-order valence-corrected chi connectivity index (χ3v) is 3.50. The number of fused-ring (bicyclic) bond motifs is 1. The summed E-state index contributed by atoms with van der Waals surface area (Å²) in [5.74, 6) is 0.154. The molecule has 0 amide bonds. The molecule has 0 radical (unpaired) electrons. The van der Waals surface area contributed by atoms with Gasteiger partial charge in [-0.25, -0.2) is 4.98 Å². The number of nitrogens with zero attached hydrogens (tertiary/aromatic N) is 3. The molecular weight excluding hydrogens is 274 g/mol. The number of halogens is 1. The van der Waals surface area contributed by atoms with Crippen LogP contribution in [-0.4, -0.2) is 15.2 Å². The molecule has 0 bridgehead atoms. The molecule has 5 nitrogen and oxygen atoms in total. The van der Waals surface area contributed by atoms with Crippen molar-refractivity contribution in [3.63, 3.8) is 0 Å². The van der Waals surface area contributed by atoms with Crippen LogP contribution < -0.4 is 5.73 Å². The molecule has 2 heterocycles. The minimum Gasteiger partial charge on any atom is -0.383 e. The van der Waals surface area contributed by atoms with Gasteiger partial charge in [0.1, 0.15) is 17.5 Å². The zero-order valence-electron chi connectivity index (χ0n) is 10.6. The fourth-order valence-electron chi connectivity index (χ4n) is 2.27.